The quantitative estimate of drug-likeness (QED) is 0.454. The van der Waals surface area contributed by atoms with Crippen LogP contribution in [0.3, 0.4) is 0 Å². The third-order valence-corrected chi connectivity index (χ3v) is 5.23. The van der Waals surface area contributed by atoms with Crippen LogP contribution < -0.4 is 20.3 Å². The lowest BCUT2D eigenvalue weighted by atomic mass is 10.1. The van der Waals surface area contributed by atoms with Gasteiger partial charge in [-0.3, -0.25) is 10.1 Å². The van der Waals surface area contributed by atoms with Gasteiger partial charge in [-0.05, 0) is 30.2 Å². The summed E-state index contributed by atoms with van der Waals surface area (Å²) in [5, 5.41) is 19.0. The van der Waals surface area contributed by atoms with E-state index in [1.54, 1.807) is 19.2 Å². The second-order valence-corrected chi connectivity index (χ2v) is 7.10. The number of piperazine rings is 1. The number of methoxy groups -OCH3 is 1. The summed E-state index contributed by atoms with van der Waals surface area (Å²) in [5.74, 6) is 1.41. The number of nitro groups is 1. The molecule has 1 aliphatic heterocycles. The van der Waals surface area contributed by atoms with Crippen LogP contribution in [0.5, 0.6) is 5.75 Å². The number of ether oxygens (including phenoxy) is 1. The Morgan fingerprint density at radius 2 is 2.07 bits per heavy atom. The fourth-order valence-corrected chi connectivity index (χ4v) is 3.68. The molecular formula is C21H24N6O3. The number of hydrogen-bond acceptors (Lipinski definition) is 8. The van der Waals surface area contributed by atoms with Crippen LogP contribution in [0.2, 0.25) is 0 Å². The molecule has 0 atom stereocenters. The first-order valence-electron chi connectivity index (χ1n) is 9.91. The molecule has 1 saturated heterocycles. The molecular weight excluding hydrogens is 384 g/mol. The van der Waals surface area contributed by atoms with Gasteiger partial charge in [-0.2, -0.15) is 0 Å². The van der Waals surface area contributed by atoms with E-state index >= 15 is 0 Å². The number of fused-ring (bicyclic) bond motifs is 1. The molecule has 0 radical (unpaired) electrons. The highest BCUT2D eigenvalue weighted by molar-refractivity contribution is 5.94. The van der Waals surface area contributed by atoms with Gasteiger partial charge in [0.1, 0.15) is 23.6 Å². The lowest BCUT2D eigenvalue weighted by molar-refractivity contribution is -0.384. The zero-order valence-electron chi connectivity index (χ0n) is 16.8. The minimum atomic E-state index is -0.330. The van der Waals surface area contributed by atoms with Crippen LogP contribution in [0, 0.1) is 10.1 Å². The summed E-state index contributed by atoms with van der Waals surface area (Å²) < 4.78 is 5.26. The summed E-state index contributed by atoms with van der Waals surface area (Å²) in [7, 11) is 1.64. The minimum Gasteiger partial charge on any atom is -0.497 e. The molecule has 1 fully saturated rings. The Bertz CT molecular complexity index is 1050. The van der Waals surface area contributed by atoms with Crippen molar-refractivity contribution in [3.63, 3.8) is 0 Å². The Morgan fingerprint density at radius 1 is 1.23 bits per heavy atom. The Morgan fingerprint density at radius 3 is 2.83 bits per heavy atom. The molecule has 156 valence electrons. The molecule has 0 spiro atoms. The highest BCUT2D eigenvalue weighted by Gasteiger charge is 2.23. The summed E-state index contributed by atoms with van der Waals surface area (Å²) in [4.78, 5) is 22.1. The first-order valence-corrected chi connectivity index (χ1v) is 9.91. The van der Waals surface area contributed by atoms with E-state index in [-0.39, 0.29) is 10.6 Å². The largest absolute Gasteiger partial charge is 0.497 e. The summed E-state index contributed by atoms with van der Waals surface area (Å²) in [5.41, 5.74) is 2.50. The van der Waals surface area contributed by atoms with E-state index < -0.39 is 0 Å². The molecule has 9 nitrogen and oxygen atoms in total. The van der Waals surface area contributed by atoms with Crippen LogP contribution in [0.1, 0.15) is 5.56 Å². The van der Waals surface area contributed by atoms with Crippen molar-refractivity contribution in [3.05, 3.63) is 58.4 Å². The molecule has 1 aromatic heterocycles. The number of aromatic nitrogens is 2. The monoisotopic (exact) mass is 408 g/mol. The molecule has 2 aromatic carbocycles. The number of anilines is 2. The van der Waals surface area contributed by atoms with Gasteiger partial charge in [0.15, 0.2) is 0 Å². The van der Waals surface area contributed by atoms with Gasteiger partial charge in [0.2, 0.25) is 0 Å². The number of hydrogen-bond donors (Lipinski definition) is 2. The summed E-state index contributed by atoms with van der Waals surface area (Å²) in [6.07, 6.45) is 2.26. The summed E-state index contributed by atoms with van der Waals surface area (Å²) in [6, 6.07) is 11.3. The van der Waals surface area contributed by atoms with Crippen molar-refractivity contribution < 1.29 is 9.66 Å². The van der Waals surface area contributed by atoms with Crippen molar-refractivity contribution in [2.75, 3.05) is 50.1 Å². The smallest absolute Gasteiger partial charge is 0.293 e. The topological polar surface area (TPSA) is 105 Å². The predicted octanol–water partition coefficient (Wildman–Crippen LogP) is 2.61. The van der Waals surface area contributed by atoms with Crippen molar-refractivity contribution in [2.24, 2.45) is 0 Å². The van der Waals surface area contributed by atoms with E-state index in [4.69, 9.17) is 4.74 Å². The zero-order chi connectivity index (χ0) is 20.9. The molecule has 0 unspecified atom stereocenters. The standard InChI is InChI=1S/C21H24N6O3/c1-30-16-4-2-3-15(11-16)5-6-23-21-17-12-20(27(28)29)19(13-18(17)24-14-25-21)26-9-7-22-8-10-26/h2-4,11-14,22H,5-10H2,1H3,(H,23,24,25). The Labute approximate surface area is 174 Å². The van der Waals surface area contributed by atoms with Crippen molar-refractivity contribution in [1.29, 1.82) is 0 Å². The molecule has 1 aliphatic rings. The van der Waals surface area contributed by atoms with E-state index in [1.807, 2.05) is 29.2 Å². The van der Waals surface area contributed by atoms with Crippen LogP contribution in [-0.2, 0) is 6.42 Å². The van der Waals surface area contributed by atoms with Gasteiger partial charge in [0.05, 0.1) is 17.5 Å². The SMILES string of the molecule is COc1cccc(CCNc2ncnc3cc(N4CCNCC4)c([N+](=O)[O-])cc23)c1. The Kier molecular flexibility index (Phi) is 5.89. The number of nitrogens with zero attached hydrogens (tertiary/aromatic N) is 4. The Hall–Kier alpha value is -3.46. The molecule has 0 saturated carbocycles. The molecule has 4 rings (SSSR count). The van der Waals surface area contributed by atoms with Crippen molar-refractivity contribution >= 4 is 28.1 Å². The first-order chi connectivity index (χ1) is 14.7. The lowest BCUT2D eigenvalue weighted by Crippen LogP contribution is -2.43. The number of nitrogens with one attached hydrogen (secondary N) is 2. The van der Waals surface area contributed by atoms with Crippen LogP contribution in [0.25, 0.3) is 10.9 Å². The van der Waals surface area contributed by atoms with Crippen molar-refractivity contribution in [1.82, 2.24) is 15.3 Å². The van der Waals surface area contributed by atoms with Crippen molar-refractivity contribution in [2.45, 2.75) is 6.42 Å². The average Bonchev–Trinajstić information content (AvgIpc) is 2.79. The Balaban J connectivity index is 1.59. The summed E-state index contributed by atoms with van der Waals surface area (Å²) in [6.45, 7) is 3.69. The molecule has 0 amide bonds. The van der Waals surface area contributed by atoms with E-state index in [9.17, 15) is 10.1 Å². The highest BCUT2D eigenvalue weighted by Crippen LogP contribution is 2.34. The fourth-order valence-electron chi connectivity index (χ4n) is 3.68. The minimum absolute atomic E-state index is 0.0787. The van der Waals surface area contributed by atoms with Crippen molar-refractivity contribution in [3.8, 4) is 5.75 Å². The van der Waals surface area contributed by atoms with Crippen LogP contribution in [0.15, 0.2) is 42.7 Å². The second-order valence-electron chi connectivity index (χ2n) is 7.10. The van der Waals surface area contributed by atoms with Gasteiger partial charge < -0.3 is 20.3 Å². The van der Waals surface area contributed by atoms with Gasteiger partial charge >= 0.3 is 0 Å². The molecule has 9 heteroatoms. The number of rotatable bonds is 7. The van der Waals surface area contributed by atoms with E-state index in [2.05, 4.69) is 20.6 Å². The van der Waals surface area contributed by atoms with Crippen LogP contribution in [0.4, 0.5) is 17.2 Å². The van der Waals surface area contributed by atoms with E-state index in [1.165, 1.54) is 6.33 Å². The maximum absolute atomic E-state index is 11.8. The third-order valence-electron chi connectivity index (χ3n) is 5.23. The third kappa shape index (κ3) is 4.25. The fraction of sp³-hybridized carbons (Fsp3) is 0.333. The molecule has 30 heavy (non-hydrogen) atoms. The van der Waals surface area contributed by atoms with Gasteiger partial charge in [0, 0.05) is 44.2 Å². The van der Waals surface area contributed by atoms with Gasteiger partial charge in [-0.15, -0.1) is 0 Å². The number of nitro benzene ring substituents is 1. The molecule has 0 bridgehead atoms. The second kappa shape index (κ2) is 8.91. The van der Waals surface area contributed by atoms with Crippen LogP contribution >= 0.6 is 0 Å². The maximum atomic E-state index is 11.8. The summed E-state index contributed by atoms with van der Waals surface area (Å²) >= 11 is 0. The van der Waals surface area contributed by atoms with Crippen LogP contribution in [-0.4, -0.2) is 54.7 Å². The highest BCUT2D eigenvalue weighted by atomic mass is 16.6. The average molecular weight is 408 g/mol. The van der Waals surface area contributed by atoms with Gasteiger partial charge in [-0.25, -0.2) is 9.97 Å². The molecule has 2 N–H and O–H groups in total. The molecule has 2 heterocycles. The van der Waals surface area contributed by atoms with E-state index in [0.29, 0.717) is 29.0 Å². The normalized spacial score (nSPS) is 14.0. The number of benzene rings is 2. The zero-order valence-corrected chi connectivity index (χ0v) is 16.8. The maximum Gasteiger partial charge on any atom is 0.293 e. The predicted molar refractivity (Wildman–Crippen MR) is 116 cm³/mol. The van der Waals surface area contributed by atoms with Gasteiger partial charge in [-0.1, -0.05) is 12.1 Å². The first kappa shape index (κ1) is 19.8. The molecule has 3 aromatic rings. The van der Waals surface area contributed by atoms with E-state index in [0.717, 1.165) is 43.9 Å². The molecule has 0 aliphatic carbocycles. The van der Waals surface area contributed by atoms with Gasteiger partial charge in [0.25, 0.3) is 5.69 Å². The lowest BCUT2D eigenvalue weighted by Gasteiger charge is -2.29.